The maximum absolute atomic E-state index is 12.4. The van der Waals surface area contributed by atoms with Gasteiger partial charge in [-0.25, -0.2) is 13.1 Å². The number of aryl methyl sites for hydroxylation is 1. The maximum Gasteiger partial charge on any atom is 0.241 e. The van der Waals surface area contributed by atoms with Gasteiger partial charge in [-0.15, -0.1) is 11.3 Å². The molecule has 2 rings (SSSR count). The second-order valence-corrected chi connectivity index (χ2v) is 9.58. The minimum Gasteiger partial charge on any atom is -0.208 e. The number of benzene rings is 1. The molecule has 0 aliphatic rings. The molecular weight excluding hydrogens is 394 g/mol. The Hall–Kier alpha value is -0.400. The SMILES string of the molecule is Cc1sc(Br)cc1S(=O)(=O)NC(C)Cc1cccc(Cl)c1. The van der Waals surface area contributed by atoms with Gasteiger partial charge in [-0.1, -0.05) is 23.7 Å². The molecule has 0 saturated heterocycles. The van der Waals surface area contributed by atoms with Crippen LogP contribution in [0.4, 0.5) is 0 Å². The molecule has 3 nitrogen and oxygen atoms in total. The van der Waals surface area contributed by atoms with E-state index in [0.29, 0.717) is 16.3 Å². The summed E-state index contributed by atoms with van der Waals surface area (Å²) < 4.78 is 28.3. The van der Waals surface area contributed by atoms with Crippen LogP contribution in [-0.2, 0) is 16.4 Å². The van der Waals surface area contributed by atoms with E-state index < -0.39 is 10.0 Å². The van der Waals surface area contributed by atoms with Crippen LogP contribution in [0.2, 0.25) is 5.02 Å². The maximum atomic E-state index is 12.4. The Morgan fingerprint density at radius 1 is 1.38 bits per heavy atom. The van der Waals surface area contributed by atoms with Crippen LogP contribution < -0.4 is 4.72 Å². The predicted octanol–water partition coefficient (Wildman–Crippen LogP) is 4.38. The molecule has 0 radical (unpaired) electrons. The van der Waals surface area contributed by atoms with Crippen LogP contribution in [0.3, 0.4) is 0 Å². The lowest BCUT2D eigenvalue weighted by atomic mass is 10.1. The first-order chi connectivity index (χ1) is 9.78. The van der Waals surface area contributed by atoms with Crippen molar-refractivity contribution in [2.24, 2.45) is 0 Å². The third-order valence-electron chi connectivity index (χ3n) is 2.92. The van der Waals surface area contributed by atoms with E-state index in [1.807, 2.05) is 25.1 Å². The molecule has 0 aliphatic carbocycles. The second kappa shape index (κ2) is 6.79. The summed E-state index contributed by atoms with van der Waals surface area (Å²) in [5, 5.41) is 0.653. The summed E-state index contributed by atoms with van der Waals surface area (Å²) in [6.07, 6.45) is 0.587. The van der Waals surface area contributed by atoms with Crippen LogP contribution >= 0.6 is 38.9 Å². The monoisotopic (exact) mass is 407 g/mol. The van der Waals surface area contributed by atoms with Crippen molar-refractivity contribution in [1.29, 1.82) is 0 Å². The summed E-state index contributed by atoms with van der Waals surface area (Å²) in [6, 6.07) is 8.85. The van der Waals surface area contributed by atoms with Crippen LogP contribution in [0.15, 0.2) is 39.0 Å². The first-order valence-electron chi connectivity index (χ1n) is 6.30. The van der Waals surface area contributed by atoms with E-state index in [1.54, 1.807) is 19.1 Å². The minimum atomic E-state index is -3.50. The number of halogens is 2. The lowest BCUT2D eigenvalue weighted by Gasteiger charge is -2.14. The van der Waals surface area contributed by atoms with E-state index in [1.165, 1.54) is 11.3 Å². The van der Waals surface area contributed by atoms with Crippen LogP contribution in [0.1, 0.15) is 17.4 Å². The molecule has 0 saturated carbocycles. The number of hydrogen-bond donors (Lipinski definition) is 1. The molecule has 1 unspecified atom stereocenters. The molecular formula is C14H15BrClNO2S2. The Morgan fingerprint density at radius 3 is 2.67 bits per heavy atom. The average Bonchev–Trinajstić information content (AvgIpc) is 2.68. The van der Waals surface area contributed by atoms with Crippen LogP contribution in [0, 0.1) is 6.92 Å². The lowest BCUT2D eigenvalue weighted by Crippen LogP contribution is -2.34. The van der Waals surface area contributed by atoms with Gasteiger partial charge in [0.05, 0.1) is 8.68 Å². The highest BCUT2D eigenvalue weighted by atomic mass is 79.9. The predicted molar refractivity (Wildman–Crippen MR) is 91.7 cm³/mol. The van der Waals surface area contributed by atoms with Gasteiger partial charge < -0.3 is 0 Å². The molecule has 0 amide bonds. The summed E-state index contributed by atoms with van der Waals surface area (Å²) in [5.74, 6) is 0. The molecule has 0 spiro atoms. The van der Waals surface area contributed by atoms with Crippen LogP contribution in [0.5, 0.6) is 0 Å². The summed E-state index contributed by atoms with van der Waals surface area (Å²) in [6.45, 7) is 3.64. The lowest BCUT2D eigenvalue weighted by molar-refractivity contribution is 0.559. The largest absolute Gasteiger partial charge is 0.241 e. The smallest absolute Gasteiger partial charge is 0.208 e. The molecule has 21 heavy (non-hydrogen) atoms. The van der Waals surface area contributed by atoms with Gasteiger partial charge in [0.2, 0.25) is 10.0 Å². The van der Waals surface area contributed by atoms with Gasteiger partial charge in [-0.2, -0.15) is 0 Å². The summed E-state index contributed by atoms with van der Waals surface area (Å²) in [4.78, 5) is 1.10. The molecule has 1 aromatic heterocycles. The van der Waals surface area contributed by atoms with Crippen molar-refractivity contribution in [2.75, 3.05) is 0 Å². The Kier molecular flexibility index (Phi) is 5.48. The van der Waals surface area contributed by atoms with Crippen molar-refractivity contribution in [3.05, 3.63) is 49.6 Å². The minimum absolute atomic E-state index is 0.216. The molecule has 1 atom stereocenters. The zero-order chi connectivity index (χ0) is 15.6. The van der Waals surface area contributed by atoms with Gasteiger partial charge >= 0.3 is 0 Å². The summed E-state index contributed by atoms with van der Waals surface area (Å²) >= 11 is 10.7. The molecule has 0 aliphatic heterocycles. The molecule has 1 aromatic carbocycles. The first kappa shape index (κ1) is 17.0. The van der Waals surface area contributed by atoms with Crippen LogP contribution in [0.25, 0.3) is 0 Å². The molecule has 7 heteroatoms. The van der Waals surface area contributed by atoms with Crippen molar-refractivity contribution in [3.63, 3.8) is 0 Å². The van der Waals surface area contributed by atoms with Gasteiger partial charge in [-0.05, 0) is 60.0 Å². The van der Waals surface area contributed by atoms with E-state index in [0.717, 1.165) is 14.2 Å². The molecule has 1 N–H and O–H groups in total. The van der Waals surface area contributed by atoms with E-state index in [9.17, 15) is 8.42 Å². The Labute approximate surface area is 142 Å². The summed E-state index contributed by atoms with van der Waals surface area (Å²) in [7, 11) is -3.50. The number of sulfonamides is 1. The van der Waals surface area contributed by atoms with E-state index in [-0.39, 0.29) is 6.04 Å². The standard InChI is InChI=1S/C14H15BrClNO2S2/c1-9(6-11-4-3-5-12(16)7-11)17-21(18,19)13-8-14(15)20-10(13)2/h3-5,7-9,17H,6H2,1-2H3. The fourth-order valence-electron chi connectivity index (χ4n) is 2.09. The number of nitrogens with one attached hydrogen (secondary N) is 1. The molecule has 0 bridgehead atoms. The van der Waals surface area contributed by atoms with Crippen molar-refractivity contribution >= 4 is 48.9 Å². The Bertz CT molecular complexity index is 743. The van der Waals surface area contributed by atoms with E-state index in [2.05, 4.69) is 20.7 Å². The van der Waals surface area contributed by atoms with E-state index >= 15 is 0 Å². The quantitative estimate of drug-likeness (QED) is 0.798. The highest BCUT2D eigenvalue weighted by Crippen LogP contribution is 2.29. The topological polar surface area (TPSA) is 46.2 Å². The number of hydrogen-bond acceptors (Lipinski definition) is 3. The van der Waals surface area contributed by atoms with Crippen molar-refractivity contribution in [1.82, 2.24) is 4.72 Å². The number of thiophene rings is 1. The van der Waals surface area contributed by atoms with Gasteiger partial charge in [-0.3, -0.25) is 0 Å². The van der Waals surface area contributed by atoms with Crippen molar-refractivity contribution < 1.29 is 8.42 Å². The van der Waals surface area contributed by atoms with Gasteiger partial charge in [0.25, 0.3) is 0 Å². The van der Waals surface area contributed by atoms with Crippen molar-refractivity contribution in [3.8, 4) is 0 Å². The Balaban J connectivity index is 2.11. The molecule has 0 fully saturated rings. The van der Waals surface area contributed by atoms with Gasteiger partial charge in [0, 0.05) is 15.9 Å². The zero-order valence-electron chi connectivity index (χ0n) is 11.6. The van der Waals surface area contributed by atoms with Gasteiger partial charge in [0.15, 0.2) is 0 Å². The van der Waals surface area contributed by atoms with E-state index in [4.69, 9.17) is 11.6 Å². The zero-order valence-corrected chi connectivity index (χ0v) is 15.5. The highest BCUT2D eigenvalue weighted by Gasteiger charge is 2.21. The molecule has 114 valence electrons. The highest BCUT2D eigenvalue weighted by molar-refractivity contribution is 9.11. The van der Waals surface area contributed by atoms with Crippen LogP contribution in [-0.4, -0.2) is 14.5 Å². The molecule has 2 aromatic rings. The van der Waals surface area contributed by atoms with Crippen molar-refractivity contribution in [2.45, 2.75) is 31.2 Å². The Morgan fingerprint density at radius 2 is 2.10 bits per heavy atom. The summed E-state index contributed by atoms with van der Waals surface area (Å²) in [5.41, 5.74) is 1.00. The second-order valence-electron chi connectivity index (χ2n) is 4.83. The number of rotatable bonds is 5. The normalized spacial score (nSPS) is 13.3. The fraction of sp³-hybridized carbons (Fsp3) is 0.286. The third-order valence-corrected chi connectivity index (χ3v) is 6.55. The first-order valence-corrected chi connectivity index (χ1v) is 9.77. The van der Waals surface area contributed by atoms with Gasteiger partial charge in [0.1, 0.15) is 0 Å². The molecule has 1 heterocycles. The average molecular weight is 409 g/mol. The fourth-order valence-corrected chi connectivity index (χ4v) is 5.96. The third kappa shape index (κ3) is 4.53.